The van der Waals surface area contributed by atoms with Crippen molar-refractivity contribution in [3.63, 3.8) is 0 Å². The molecule has 0 N–H and O–H groups in total. The van der Waals surface area contributed by atoms with Crippen molar-refractivity contribution >= 4 is 0 Å². The van der Waals surface area contributed by atoms with Crippen LogP contribution in [0.1, 0.15) is 71.1 Å². The first kappa shape index (κ1) is 14.9. The minimum absolute atomic E-state index is 0.958. The molecule has 0 heteroatoms. The van der Waals surface area contributed by atoms with Crippen LogP contribution in [-0.2, 0) is 0 Å². The zero-order valence-corrected chi connectivity index (χ0v) is 12.8. The molecule has 0 aromatic heterocycles. The summed E-state index contributed by atoms with van der Waals surface area (Å²) in [6.45, 7) is 6.04. The molecule has 2 aliphatic rings. The van der Waals surface area contributed by atoms with E-state index in [-0.39, 0.29) is 0 Å². The average Bonchev–Trinajstić information content (AvgIpc) is 2.47. The van der Waals surface area contributed by atoms with Crippen molar-refractivity contribution in [2.75, 3.05) is 0 Å². The Morgan fingerprint density at radius 2 is 1.26 bits per heavy atom. The van der Waals surface area contributed by atoms with Crippen molar-refractivity contribution in [1.29, 1.82) is 0 Å². The molecule has 0 saturated heterocycles. The first-order valence-corrected chi connectivity index (χ1v) is 8.55. The molecule has 2 fully saturated rings. The van der Waals surface area contributed by atoms with E-state index in [4.69, 9.17) is 0 Å². The molecule has 2 rings (SSSR count). The molecule has 0 amide bonds. The van der Waals surface area contributed by atoms with Gasteiger partial charge in [-0.15, -0.1) is 6.58 Å². The van der Waals surface area contributed by atoms with E-state index in [1.165, 1.54) is 64.2 Å². The fraction of sp³-hybridized carbons (Fsp3) is 0.789. The summed E-state index contributed by atoms with van der Waals surface area (Å²) in [6.07, 6.45) is 21.2. The molecule has 108 valence electrons. The van der Waals surface area contributed by atoms with Crippen LogP contribution >= 0.6 is 0 Å². The third-order valence-electron chi connectivity index (χ3n) is 5.65. The van der Waals surface area contributed by atoms with Gasteiger partial charge >= 0.3 is 0 Å². The van der Waals surface area contributed by atoms with Crippen molar-refractivity contribution in [1.82, 2.24) is 0 Å². The van der Waals surface area contributed by atoms with E-state index in [0.717, 1.165) is 23.7 Å². The summed E-state index contributed by atoms with van der Waals surface area (Å²) in [5.74, 6) is 4.07. The van der Waals surface area contributed by atoms with E-state index in [1.54, 1.807) is 0 Å². The maximum absolute atomic E-state index is 3.89. The minimum Gasteiger partial charge on any atom is -0.103 e. The molecule has 2 aliphatic carbocycles. The highest BCUT2D eigenvalue weighted by atomic mass is 14.4. The van der Waals surface area contributed by atoms with Crippen molar-refractivity contribution < 1.29 is 0 Å². The lowest BCUT2D eigenvalue weighted by molar-refractivity contribution is 0.147. The molecule has 19 heavy (non-hydrogen) atoms. The summed E-state index contributed by atoms with van der Waals surface area (Å²) < 4.78 is 0. The van der Waals surface area contributed by atoms with Crippen molar-refractivity contribution in [2.24, 2.45) is 23.7 Å². The fourth-order valence-corrected chi connectivity index (χ4v) is 4.35. The highest BCUT2D eigenvalue weighted by Crippen LogP contribution is 2.42. The van der Waals surface area contributed by atoms with Crippen molar-refractivity contribution in [2.45, 2.75) is 71.1 Å². The Hall–Kier alpha value is -0.520. The number of rotatable bonds is 5. The lowest BCUT2D eigenvalue weighted by Crippen LogP contribution is -2.25. The normalized spacial score (nSPS) is 36.5. The molecule has 0 bridgehead atoms. The quantitative estimate of drug-likeness (QED) is 0.521. The third-order valence-corrected chi connectivity index (χ3v) is 5.65. The number of allylic oxidation sites excluding steroid dienone is 3. The highest BCUT2D eigenvalue weighted by molar-refractivity contribution is 4.87. The Labute approximate surface area is 120 Å². The second-order valence-electron chi connectivity index (χ2n) is 6.89. The largest absolute Gasteiger partial charge is 0.103 e. The first-order valence-electron chi connectivity index (χ1n) is 8.55. The van der Waals surface area contributed by atoms with Crippen LogP contribution in [0.3, 0.4) is 0 Å². The van der Waals surface area contributed by atoms with E-state index < -0.39 is 0 Å². The molecular formula is C19H32. The van der Waals surface area contributed by atoms with Crippen molar-refractivity contribution in [3.05, 3.63) is 24.8 Å². The summed E-state index contributed by atoms with van der Waals surface area (Å²) in [5.41, 5.74) is 0. The SMILES string of the molecule is C=CCC1CCC(C2CCC(CC=CC)CC2)CC1. The van der Waals surface area contributed by atoms with Gasteiger partial charge in [0.1, 0.15) is 0 Å². The molecule has 0 aromatic rings. The van der Waals surface area contributed by atoms with Gasteiger partial charge in [-0.25, -0.2) is 0 Å². The summed E-state index contributed by atoms with van der Waals surface area (Å²) in [7, 11) is 0. The Morgan fingerprint density at radius 1 is 0.789 bits per heavy atom. The van der Waals surface area contributed by atoms with Crippen LogP contribution in [0, 0.1) is 23.7 Å². The average molecular weight is 260 g/mol. The summed E-state index contributed by atoms with van der Waals surface area (Å²) >= 11 is 0. The molecule has 0 spiro atoms. The van der Waals surface area contributed by atoms with Gasteiger partial charge in [0, 0.05) is 0 Å². The van der Waals surface area contributed by atoms with Crippen molar-refractivity contribution in [3.8, 4) is 0 Å². The predicted octanol–water partition coefficient (Wildman–Crippen LogP) is 6.14. The van der Waals surface area contributed by atoms with Gasteiger partial charge in [-0.05, 0) is 94.8 Å². The maximum Gasteiger partial charge on any atom is -0.0322 e. The Balaban J connectivity index is 1.69. The topological polar surface area (TPSA) is 0 Å². The van der Waals surface area contributed by atoms with Crippen LogP contribution < -0.4 is 0 Å². The lowest BCUT2D eigenvalue weighted by atomic mass is 9.68. The molecule has 0 atom stereocenters. The molecule has 0 heterocycles. The van der Waals surface area contributed by atoms with Gasteiger partial charge in [0.05, 0.1) is 0 Å². The Kier molecular flexibility index (Phi) is 6.20. The van der Waals surface area contributed by atoms with Gasteiger partial charge in [-0.3, -0.25) is 0 Å². The molecule has 0 unspecified atom stereocenters. The molecular weight excluding hydrogens is 228 g/mol. The number of hydrogen-bond donors (Lipinski definition) is 0. The van der Waals surface area contributed by atoms with E-state index in [2.05, 4.69) is 31.7 Å². The van der Waals surface area contributed by atoms with Crippen LogP contribution in [0.2, 0.25) is 0 Å². The zero-order valence-electron chi connectivity index (χ0n) is 12.8. The molecule has 0 nitrogen and oxygen atoms in total. The number of hydrogen-bond acceptors (Lipinski definition) is 0. The standard InChI is InChI=1S/C19H32/c1-3-5-7-17-10-14-19(15-11-17)18-12-8-16(6-4-2)9-13-18/h3-5,16-19H,2,6-15H2,1H3. The van der Waals surface area contributed by atoms with E-state index in [1.807, 2.05) is 0 Å². The van der Waals surface area contributed by atoms with Gasteiger partial charge in [0.25, 0.3) is 0 Å². The monoisotopic (exact) mass is 260 g/mol. The van der Waals surface area contributed by atoms with Crippen LogP contribution in [-0.4, -0.2) is 0 Å². The Morgan fingerprint density at radius 3 is 1.68 bits per heavy atom. The fourth-order valence-electron chi connectivity index (χ4n) is 4.35. The summed E-state index contributed by atoms with van der Waals surface area (Å²) in [5, 5.41) is 0. The second kappa shape index (κ2) is 7.92. The van der Waals surface area contributed by atoms with Gasteiger partial charge in [0.2, 0.25) is 0 Å². The molecule has 0 aliphatic heterocycles. The van der Waals surface area contributed by atoms with E-state index in [9.17, 15) is 0 Å². The lowest BCUT2D eigenvalue weighted by Gasteiger charge is -2.37. The van der Waals surface area contributed by atoms with E-state index >= 15 is 0 Å². The predicted molar refractivity (Wildman–Crippen MR) is 85.1 cm³/mol. The molecule has 0 aromatic carbocycles. The summed E-state index contributed by atoms with van der Waals surface area (Å²) in [4.78, 5) is 0. The minimum atomic E-state index is 0.958. The second-order valence-corrected chi connectivity index (χ2v) is 6.89. The van der Waals surface area contributed by atoms with Gasteiger partial charge in [-0.2, -0.15) is 0 Å². The van der Waals surface area contributed by atoms with Crippen LogP contribution in [0.4, 0.5) is 0 Å². The molecule has 2 saturated carbocycles. The van der Waals surface area contributed by atoms with Gasteiger partial charge in [0.15, 0.2) is 0 Å². The van der Waals surface area contributed by atoms with E-state index in [0.29, 0.717) is 0 Å². The zero-order chi connectivity index (χ0) is 13.5. The van der Waals surface area contributed by atoms with Gasteiger partial charge in [-0.1, -0.05) is 18.2 Å². The summed E-state index contributed by atoms with van der Waals surface area (Å²) in [6, 6.07) is 0. The smallest absolute Gasteiger partial charge is 0.0322 e. The highest BCUT2D eigenvalue weighted by Gasteiger charge is 2.30. The first-order chi connectivity index (χ1) is 9.33. The van der Waals surface area contributed by atoms with Crippen LogP contribution in [0.5, 0.6) is 0 Å². The Bertz CT molecular complexity index is 272. The van der Waals surface area contributed by atoms with Crippen LogP contribution in [0.15, 0.2) is 24.8 Å². The van der Waals surface area contributed by atoms with Crippen LogP contribution in [0.25, 0.3) is 0 Å². The molecule has 0 radical (unpaired) electrons. The third kappa shape index (κ3) is 4.51. The maximum atomic E-state index is 3.89. The van der Waals surface area contributed by atoms with Gasteiger partial charge < -0.3 is 0 Å².